The van der Waals surface area contributed by atoms with E-state index in [1.54, 1.807) is 0 Å². The lowest BCUT2D eigenvalue weighted by molar-refractivity contribution is -0.161. The van der Waals surface area contributed by atoms with Gasteiger partial charge >= 0.3 is 39.5 Å². The number of ether oxygens (including phenoxy) is 4. The molecular formula is C77H150O17P2. The average Bonchev–Trinajstić information content (AvgIpc) is 1.58. The summed E-state index contributed by atoms with van der Waals surface area (Å²) in [6.45, 7) is 14.2. The Bertz CT molecular complexity index is 1890. The summed E-state index contributed by atoms with van der Waals surface area (Å²) in [7, 11) is -9.91. The number of phosphoric acid groups is 2. The van der Waals surface area contributed by atoms with Gasteiger partial charge in [-0.15, -0.1) is 0 Å². The van der Waals surface area contributed by atoms with Gasteiger partial charge in [-0.05, 0) is 49.4 Å². The number of aliphatic hydroxyl groups excluding tert-OH is 1. The molecule has 0 aromatic heterocycles. The molecule has 0 fully saturated rings. The number of esters is 4. The van der Waals surface area contributed by atoms with Crippen molar-refractivity contribution in [3.05, 3.63) is 0 Å². The van der Waals surface area contributed by atoms with Crippen LogP contribution in [0.3, 0.4) is 0 Å². The molecular weight excluding hydrogens is 1260 g/mol. The van der Waals surface area contributed by atoms with Crippen LogP contribution in [-0.4, -0.2) is 96.7 Å². The number of phosphoric ester groups is 2. The van der Waals surface area contributed by atoms with Gasteiger partial charge in [0.05, 0.1) is 26.4 Å². The molecule has 4 unspecified atom stereocenters. The average molecular weight is 1410 g/mol. The standard InChI is InChI=1S/C77H150O17P2/c1-9-70(8)56-48-40-31-25-21-22-28-34-44-52-60-77(82)93-72(63-87-74(79)57-49-41-32-26-19-16-12-14-18-24-30-38-46-54-68(4)5)65-91-95(83,84)89-61-71(78)62-90-96(85,86)92-66-73(64-88-75(80)58-50-42-36-35-39-47-55-69(6)7)94-76(81)59-51-43-33-27-20-15-11-10-13-17-23-29-37-45-53-67(2)3/h67-73,78H,9-66H2,1-8H3,(H,83,84)(H,85,86)/t70?,71?,72-,73-/m1/s1. The SMILES string of the molecule is CCC(C)CCCCCCCCCCCCC(=O)O[C@H](COC(=O)CCCCCCCCCCCCCCCC(C)C)COP(=O)(O)OCC(O)COP(=O)(O)OC[C@@H](COC(=O)CCCCCCCCC(C)C)OC(=O)CCCCCCCCCCCCCCCCC(C)C. The van der Waals surface area contributed by atoms with E-state index in [4.69, 9.17) is 37.0 Å². The smallest absolute Gasteiger partial charge is 0.462 e. The molecule has 0 bridgehead atoms. The molecule has 17 nitrogen and oxygen atoms in total. The van der Waals surface area contributed by atoms with Crippen LogP contribution < -0.4 is 0 Å². The van der Waals surface area contributed by atoms with E-state index in [0.717, 1.165) is 114 Å². The van der Waals surface area contributed by atoms with E-state index in [9.17, 15) is 43.2 Å². The fourth-order valence-electron chi connectivity index (χ4n) is 11.7. The quantitative estimate of drug-likeness (QED) is 0.0222. The maximum absolute atomic E-state index is 13.1. The summed E-state index contributed by atoms with van der Waals surface area (Å²) in [5.41, 5.74) is 0. The Morgan fingerprint density at radius 3 is 0.740 bits per heavy atom. The predicted molar refractivity (Wildman–Crippen MR) is 391 cm³/mol. The number of hydrogen-bond donors (Lipinski definition) is 3. The first-order chi connectivity index (χ1) is 46.1. The van der Waals surface area contributed by atoms with Gasteiger partial charge in [-0.3, -0.25) is 37.3 Å². The highest BCUT2D eigenvalue weighted by Crippen LogP contribution is 2.45. The third-order valence-corrected chi connectivity index (χ3v) is 20.1. The summed E-state index contributed by atoms with van der Waals surface area (Å²) >= 11 is 0. The summed E-state index contributed by atoms with van der Waals surface area (Å²) in [5, 5.41) is 10.6. The molecule has 19 heteroatoms. The molecule has 0 aliphatic rings. The summed E-state index contributed by atoms with van der Waals surface area (Å²) in [5.74, 6) is 0.948. The van der Waals surface area contributed by atoms with Crippen LogP contribution in [0.25, 0.3) is 0 Å². The van der Waals surface area contributed by atoms with E-state index in [-0.39, 0.29) is 25.7 Å². The second kappa shape index (κ2) is 66.3. The summed E-state index contributed by atoms with van der Waals surface area (Å²) in [6.07, 6.45) is 51.4. The molecule has 0 aliphatic carbocycles. The molecule has 0 rings (SSSR count). The Morgan fingerprint density at radius 1 is 0.292 bits per heavy atom. The number of aliphatic hydroxyl groups is 1. The molecule has 0 aliphatic heterocycles. The Morgan fingerprint density at radius 2 is 0.500 bits per heavy atom. The van der Waals surface area contributed by atoms with Crippen molar-refractivity contribution < 1.29 is 80.2 Å². The number of rotatable bonds is 74. The Balaban J connectivity index is 5.23. The zero-order valence-corrected chi connectivity index (χ0v) is 64.8. The number of carbonyl (C=O) groups excluding carboxylic acids is 4. The molecule has 0 saturated heterocycles. The van der Waals surface area contributed by atoms with Gasteiger partial charge in [0.2, 0.25) is 0 Å². The van der Waals surface area contributed by atoms with E-state index in [0.29, 0.717) is 31.6 Å². The summed E-state index contributed by atoms with van der Waals surface area (Å²) < 4.78 is 68.6. The van der Waals surface area contributed by atoms with Crippen LogP contribution in [0.1, 0.15) is 389 Å². The minimum Gasteiger partial charge on any atom is -0.462 e. The van der Waals surface area contributed by atoms with Crippen molar-refractivity contribution in [3.63, 3.8) is 0 Å². The first kappa shape index (κ1) is 94.1. The summed E-state index contributed by atoms with van der Waals surface area (Å²) in [6, 6.07) is 0. The molecule has 6 atom stereocenters. The van der Waals surface area contributed by atoms with Crippen molar-refractivity contribution in [1.82, 2.24) is 0 Å². The van der Waals surface area contributed by atoms with Crippen LogP contribution in [-0.2, 0) is 65.4 Å². The number of hydrogen-bond acceptors (Lipinski definition) is 15. The van der Waals surface area contributed by atoms with Crippen molar-refractivity contribution in [2.45, 2.75) is 408 Å². The zero-order valence-electron chi connectivity index (χ0n) is 63.0. The highest BCUT2D eigenvalue weighted by molar-refractivity contribution is 7.47. The fourth-order valence-corrected chi connectivity index (χ4v) is 13.3. The van der Waals surface area contributed by atoms with Crippen LogP contribution in [0.2, 0.25) is 0 Å². The molecule has 0 spiro atoms. The van der Waals surface area contributed by atoms with Gasteiger partial charge in [0.1, 0.15) is 19.3 Å². The maximum Gasteiger partial charge on any atom is 0.472 e. The van der Waals surface area contributed by atoms with Crippen molar-refractivity contribution in [2.75, 3.05) is 39.6 Å². The molecule has 0 amide bonds. The Labute approximate surface area is 588 Å². The highest BCUT2D eigenvalue weighted by Gasteiger charge is 2.30. The molecule has 0 heterocycles. The number of carbonyl (C=O) groups is 4. The van der Waals surface area contributed by atoms with Crippen molar-refractivity contribution >= 4 is 39.5 Å². The van der Waals surface area contributed by atoms with Crippen LogP contribution in [0, 0.1) is 23.7 Å². The van der Waals surface area contributed by atoms with Crippen LogP contribution in [0.15, 0.2) is 0 Å². The first-order valence-electron chi connectivity index (χ1n) is 39.7. The van der Waals surface area contributed by atoms with Crippen LogP contribution >= 0.6 is 15.6 Å². The normalized spacial score (nSPS) is 14.4. The van der Waals surface area contributed by atoms with E-state index >= 15 is 0 Å². The van der Waals surface area contributed by atoms with Crippen LogP contribution in [0.5, 0.6) is 0 Å². The molecule has 0 saturated carbocycles. The van der Waals surface area contributed by atoms with Crippen molar-refractivity contribution in [3.8, 4) is 0 Å². The second-order valence-corrected chi connectivity index (χ2v) is 32.3. The predicted octanol–water partition coefficient (Wildman–Crippen LogP) is 22.4. The van der Waals surface area contributed by atoms with Gasteiger partial charge < -0.3 is 33.8 Å². The third kappa shape index (κ3) is 69.2. The third-order valence-electron chi connectivity index (χ3n) is 18.2. The molecule has 0 aromatic carbocycles. The largest absolute Gasteiger partial charge is 0.472 e. The minimum atomic E-state index is -4.96. The molecule has 3 N–H and O–H groups in total. The van der Waals surface area contributed by atoms with Crippen molar-refractivity contribution in [2.24, 2.45) is 23.7 Å². The van der Waals surface area contributed by atoms with E-state index in [1.807, 2.05) is 0 Å². The lowest BCUT2D eigenvalue weighted by Gasteiger charge is -2.21. The molecule has 96 heavy (non-hydrogen) atoms. The zero-order chi connectivity index (χ0) is 71.0. The fraction of sp³-hybridized carbons (Fsp3) is 0.948. The molecule has 0 radical (unpaired) electrons. The maximum atomic E-state index is 13.1. The molecule has 0 aromatic rings. The number of unbranched alkanes of at least 4 members (excludes halogenated alkanes) is 39. The van der Waals surface area contributed by atoms with Crippen molar-refractivity contribution in [1.29, 1.82) is 0 Å². The minimum absolute atomic E-state index is 0.106. The van der Waals surface area contributed by atoms with Gasteiger partial charge in [0.25, 0.3) is 0 Å². The lowest BCUT2D eigenvalue weighted by Crippen LogP contribution is -2.30. The van der Waals surface area contributed by atoms with E-state index in [1.165, 1.54) is 186 Å². The van der Waals surface area contributed by atoms with Gasteiger partial charge in [0, 0.05) is 25.7 Å². The topological polar surface area (TPSA) is 237 Å². The van der Waals surface area contributed by atoms with Gasteiger partial charge in [-0.2, -0.15) is 0 Å². The van der Waals surface area contributed by atoms with Gasteiger partial charge in [-0.25, -0.2) is 9.13 Å². The van der Waals surface area contributed by atoms with Crippen LogP contribution in [0.4, 0.5) is 0 Å². The van der Waals surface area contributed by atoms with Gasteiger partial charge in [-0.1, -0.05) is 338 Å². The Kier molecular flexibility index (Phi) is 65.0. The van der Waals surface area contributed by atoms with E-state index < -0.39 is 97.5 Å². The molecule has 570 valence electrons. The Hall–Kier alpha value is -1.94. The second-order valence-electron chi connectivity index (χ2n) is 29.4. The summed E-state index contributed by atoms with van der Waals surface area (Å²) in [4.78, 5) is 72.8. The highest BCUT2D eigenvalue weighted by atomic mass is 31.2. The monoisotopic (exact) mass is 1410 g/mol. The lowest BCUT2D eigenvalue weighted by atomic mass is 9.99. The first-order valence-corrected chi connectivity index (χ1v) is 42.7. The van der Waals surface area contributed by atoms with E-state index in [2.05, 4.69) is 55.4 Å². The van der Waals surface area contributed by atoms with Gasteiger partial charge in [0.15, 0.2) is 12.2 Å².